The number of nitro benzene ring substituents is 1. The Balaban J connectivity index is 2.12. The first-order chi connectivity index (χ1) is 9.60. The van der Waals surface area contributed by atoms with Crippen LogP contribution in [0.2, 0.25) is 0 Å². The lowest BCUT2D eigenvalue weighted by molar-refractivity contribution is -0.384. The predicted molar refractivity (Wildman–Crippen MR) is 71.7 cm³/mol. The van der Waals surface area contributed by atoms with Crippen LogP contribution in [0, 0.1) is 15.9 Å². The number of nitrogens with zero attached hydrogens (tertiary/aromatic N) is 1. The third-order valence-corrected chi connectivity index (χ3v) is 2.78. The van der Waals surface area contributed by atoms with Gasteiger partial charge in [-0.25, -0.2) is 4.39 Å². The first-order valence-corrected chi connectivity index (χ1v) is 5.95. The second kappa shape index (κ2) is 6.12. The zero-order valence-corrected chi connectivity index (χ0v) is 10.6. The molecule has 2 aromatic rings. The summed E-state index contributed by atoms with van der Waals surface area (Å²) in [5.41, 5.74) is 6.88. The zero-order chi connectivity index (χ0) is 14.5. The number of nitrogens with two attached hydrogens (primary N) is 1. The van der Waals surface area contributed by atoms with E-state index in [1.807, 2.05) is 0 Å². The molecule has 0 unspecified atom stereocenters. The summed E-state index contributed by atoms with van der Waals surface area (Å²) in [4.78, 5) is 10.2. The Morgan fingerprint density at radius 3 is 2.50 bits per heavy atom. The van der Waals surface area contributed by atoms with Gasteiger partial charge in [0.15, 0.2) is 0 Å². The van der Waals surface area contributed by atoms with E-state index < -0.39 is 4.92 Å². The number of hydrogen-bond donors (Lipinski definition) is 1. The Kier molecular flexibility index (Phi) is 4.27. The highest BCUT2D eigenvalue weighted by Crippen LogP contribution is 2.24. The van der Waals surface area contributed by atoms with Gasteiger partial charge in [-0.15, -0.1) is 0 Å². The quantitative estimate of drug-likeness (QED) is 0.672. The fraction of sp³-hybridized carbons (Fsp3) is 0.143. The van der Waals surface area contributed by atoms with Crippen LogP contribution in [0.25, 0.3) is 0 Å². The lowest BCUT2D eigenvalue weighted by Gasteiger charge is -2.10. The third kappa shape index (κ3) is 3.30. The van der Waals surface area contributed by atoms with Crippen molar-refractivity contribution in [2.75, 3.05) is 0 Å². The minimum Gasteiger partial charge on any atom is -0.489 e. The van der Waals surface area contributed by atoms with E-state index in [-0.39, 0.29) is 24.7 Å². The molecule has 2 N–H and O–H groups in total. The standard InChI is InChI=1S/C14H13FN2O3/c15-12-3-1-10(2-4-12)9-20-14-6-5-13(17(18)19)7-11(14)8-16/h1-7H,8-9,16H2. The van der Waals surface area contributed by atoms with Gasteiger partial charge in [0.2, 0.25) is 0 Å². The molecule has 0 aliphatic heterocycles. The Labute approximate surface area is 114 Å². The molecule has 0 aliphatic carbocycles. The number of nitro groups is 1. The molecule has 5 nitrogen and oxygen atoms in total. The Morgan fingerprint density at radius 1 is 1.20 bits per heavy atom. The maximum atomic E-state index is 12.8. The van der Waals surface area contributed by atoms with Crippen molar-refractivity contribution >= 4 is 5.69 Å². The molecule has 0 amide bonds. The smallest absolute Gasteiger partial charge is 0.270 e. The summed E-state index contributed by atoms with van der Waals surface area (Å²) in [5.74, 6) is 0.175. The van der Waals surface area contributed by atoms with Crippen molar-refractivity contribution in [2.24, 2.45) is 5.73 Å². The predicted octanol–water partition coefficient (Wildman–Crippen LogP) is 2.77. The molecule has 2 aromatic carbocycles. The van der Waals surface area contributed by atoms with Crippen LogP contribution in [0.1, 0.15) is 11.1 Å². The molecule has 0 aliphatic rings. The van der Waals surface area contributed by atoms with Crippen molar-refractivity contribution in [1.29, 1.82) is 0 Å². The van der Waals surface area contributed by atoms with Crippen LogP contribution in [0.5, 0.6) is 5.75 Å². The summed E-state index contributed by atoms with van der Waals surface area (Å²) in [5, 5.41) is 10.7. The van der Waals surface area contributed by atoms with Gasteiger partial charge in [-0.3, -0.25) is 10.1 Å². The van der Waals surface area contributed by atoms with Gasteiger partial charge in [-0.2, -0.15) is 0 Å². The van der Waals surface area contributed by atoms with E-state index in [1.165, 1.54) is 30.3 Å². The molecule has 0 saturated heterocycles. The van der Waals surface area contributed by atoms with Gasteiger partial charge in [0.1, 0.15) is 18.2 Å². The van der Waals surface area contributed by atoms with Crippen molar-refractivity contribution < 1.29 is 14.1 Å². The molecule has 0 atom stereocenters. The van der Waals surface area contributed by atoms with Crippen LogP contribution < -0.4 is 10.5 Å². The molecule has 0 aromatic heterocycles. The molecule has 104 valence electrons. The summed E-state index contributed by atoms with van der Waals surface area (Å²) < 4.78 is 18.3. The minimum atomic E-state index is -0.483. The topological polar surface area (TPSA) is 78.4 Å². The molecule has 0 heterocycles. The van der Waals surface area contributed by atoms with Crippen molar-refractivity contribution in [3.05, 3.63) is 69.5 Å². The van der Waals surface area contributed by atoms with E-state index in [2.05, 4.69) is 0 Å². The monoisotopic (exact) mass is 276 g/mol. The maximum absolute atomic E-state index is 12.8. The van der Waals surface area contributed by atoms with Gasteiger partial charge >= 0.3 is 0 Å². The lowest BCUT2D eigenvalue weighted by Crippen LogP contribution is -2.03. The van der Waals surface area contributed by atoms with Crippen molar-refractivity contribution in [3.63, 3.8) is 0 Å². The normalized spacial score (nSPS) is 10.3. The van der Waals surface area contributed by atoms with E-state index in [4.69, 9.17) is 10.5 Å². The number of benzene rings is 2. The highest BCUT2D eigenvalue weighted by molar-refractivity contribution is 5.43. The van der Waals surface area contributed by atoms with Gasteiger partial charge in [-0.05, 0) is 23.8 Å². The van der Waals surface area contributed by atoms with Crippen LogP contribution in [-0.4, -0.2) is 4.92 Å². The van der Waals surface area contributed by atoms with Gasteiger partial charge in [-0.1, -0.05) is 12.1 Å². The molecule has 6 heteroatoms. The average molecular weight is 276 g/mol. The van der Waals surface area contributed by atoms with E-state index in [0.717, 1.165) is 5.56 Å². The Bertz CT molecular complexity index is 614. The number of halogens is 1. The summed E-state index contributed by atoms with van der Waals surface area (Å²) >= 11 is 0. The number of rotatable bonds is 5. The molecule has 20 heavy (non-hydrogen) atoms. The van der Waals surface area contributed by atoms with Gasteiger partial charge in [0, 0.05) is 24.2 Å². The Hall–Kier alpha value is -2.47. The van der Waals surface area contributed by atoms with Crippen molar-refractivity contribution in [1.82, 2.24) is 0 Å². The van der Waals surface area contributed by atoms with Crippen LogP contribution in [0.4, 0.5) is 10.1 Å². The van der Waals surface area contributed by atoms with E-state index in [0.29, 0.717) is 11.3 Å². The van der Waals surface area contributed by atoms with E-state index >= 15 is 0 Å². The number of ether oxygens (including phenoxy) is 1. The summed E-state index contributed by atoms with van der Waals surface area (Å²) in [6.45, 7) is 0.380. The largest absolute Gasteiger partial charge is 0.489 e. The Morgan fingerprint density at radius 2 is 1.90 bits per heavy atom. The average Bonchev–Trinajstić information content (AvgIpc) is 2.46. The molecule has 0 spiro atoms. The molecule has 2 rings (SSSR count). The summed E-state index contributed by atoms with van der Waals surface area (Å²) in [7, 11) is 0. The first-order valence-electron chi connectivity index (χ1n) is 5.95. The van der Waals surface area contributed by atoms with E-state index in [1.54, 1.807) is 12.1 Å². The first kappa shape index (κ1) is 14.0. The summed E-state index contributed by atoms with van der Waals surface area (Å²) in [6.07, 6.45) is 0. The molecule has 0 bridgehead atoms. The fourth-order valence-electron chi connectivity index (χ4n) is 1.72. The van der Waals surface area contributed by atoms with Gasteiger partial charge < -0.3 is 10.5 Å². The van der Waals surface area contributed by atoms with Gasteiger partial charge in [0.25, 0.3) is 5.69 Å². The van der Waals surface area contributed by atoms with Crippen LogP contribution >= 0.6 is 0 Å². The SMILES string of the molecule is NCc1cc([N+](=O)[O-])ccc1OCc1ccc(F)cc1. The van der Waals surface area contributed by atoms with E-state index in [9.17, 15) is 14.5 Å². The maximum Gasteiger partial charge on any atom is 0.270 e. The fourth-order valence-corrected chi connectivity index (χ4v) is 1.72. The molecular formula is C14H13FN2O3. The molecular weight excluding hydrogens is 263 g/mol. The van der Waals surface area contributed by atoms with Gasteiger partial charge in [0.05, 0.1) is 4.92 Å². The number of hydrogen-bond acceptors (Lipinski definition) is 4. The summed E-state index contributed by atoms with van der Waals surface area (Å²) in [6, 6.07) is 10.2. The second-order valence-electron chi connectivity index (χ2n) is 4.17. The lowest BCUT2D eigenvalue weighted by atomic mass is 10.1. The second-order valence-corrected chi connectivity index (χ2v) is 4.17. The molecule has 0 fully saturated rings. The minimum absolute atomic E-state index is 0.0282. The van der Waals surface area contributed by atoms with Crippen molar-refractivity contribution in [2.45, 2.75) is 13.2 Å². The zero-order valence-electron chi connectivity index (χ0n) is 10.6. The highest BCUT2D eigenvalue weighted by atomic mass is 19.1. The molecule has 0 radical (unpaired) electrons. The van der Waals surface area contributed by atoms with Crippen molar-refractivity contribution in [3.8, 4) is 5.75 Å². The van der Waals surface area contributed by atoms with Crippen LogP contribution in [0.3, 0.4) is 0 Å². The van der Waals surface area contributed by atoms with Crippen LogP contribution in [-0.2, 0) is 13.2 Å². The number of non-ortho nitro benzene ring substituents is 1. The molecule has 0 saturated carbocycles. The van der Waals surface area contributed by atoms with Crippen LogP contribution in [0.15, 0.2) is 42.5 Å². The highest BCUT2D eigenvalue weighted by Gasteiger charge is 2.10. The third-order valence-electron chi connectivity index (χ3n) is 2.78.